The number of rotatable bonds is 3. The van der Waals surface area contributed by atoms with E-state index in [1.54, 1.807) is 0 Å². The number of hydrogen-bond donors (Lipinski definition) is 0. The zero-order valence-corrected chi connectivity index (χ0v) is 16.2. The Morgan fingerprint density at radius 2 is 1.92 bits per heavy atom. The first-order chi connectivity index (χ1) is 12.6. The predicted molar refractivity (Wildman–Crippen MR) is 105 cm³/mol. The van der Waals surface area contributed by atoms with Gasteiger partial charge in [0.15, 0.2) is 0 Å². The largest absolute Gasteiger partial charge is 0.356 e. The van der Waals surface area contributed by atoms with Gasteiger partial charge in [0, 0.05) is 45.0 Å². The van der Waals surface area contributed by atoms with Crippen LogP contribution in [0.2, 0.25) is 0 Å². The number of likely N-dealkylation sites (N-methyl/N-ethyl adjacent to an activating group) is 1. The fraction of sp³-hybridized carbons (Fsp3) is 0.714. The van der Waals surface area contributed by atoms with E-state index in [1.165, 1.54) is 38.5 Å². The van der Waals surface area contributed by atoms with Gasteiger partial charge in [0.05, 0.1) is 5.56 Å². The van der Waals surface area contributed by atoms with E-state index < -0.39 is 0 Å². The quantitative estimate of drug-likeness (QED) is 0.835. The van der Waals surface area contributed by atoms with Crippen LogP contribution >= 0.6 is 0 Å². The van der Waals surface area contributed by atoms with E-state index in [9.17, 15) is 4.79 Å². The molecule has 2 atom stereocenters. The number of pyridine rings is 1. The molecule has 1 aliphatic carbocycles. The van der Waals surface area contributed by atoms with Gasteiger partial charge in [0.1, 0.15) is 5.82 Å². The molecule has 0 radical (unpaired) electrons. The molecule has 26 heavy (non-hydrogen) atoms. The smallest absolute Gasteiger partial charge is 0.257 e. The number of carbonyl (C=O) groups excluding carboxylic acids is 1. The Morgan fingerprint density at radius 1 is 1.12 bits per heavy atom. The third kappa shape index (κ3) is 3.46. The van der Waals surface area contributed by atoms with Crippen molar-refractivity contribution in [3.05, 3.63) is 23.9 Å². The molecule has 4 fully saturated rings. The number of anilines is 1. The Balaban J connectivity index is 1.58. The lowest BCUT2D eigenvalue weighted by molar-refractivity contribution is 0.0587. The summed E-state index contributed by atoms with van der Waals surface area (Å²) in [6.45, 7) is 3.01. The average molecular weight is 357 g/mol. The number of piperidine rings is 1. The molecule has 0 aromatic carbocycles. The maximum absolute atomic E-state index is 13.5. The zero-order valence-electron chi connectivity index (χ0n) is 16.2. The molecule has 4 aliphatic rings. The van der Waals surface area contributed by atoms with Crippen molar-refractivity contribution >= 4 is 11.7 Å². The van der Waals surface area contributed by atoms with Crippen molar-refractivity contribution in [3.63, 3.8) is 0 Å². The second-order valence-corrected chi connectivity index (χ2v) is 8.55. The molecule has 3 aliphatic heterocycles. The molecule has 1 aromatic heterocycles. The van der Waals surface area contributed by atoms with Gasteiger partial charge in [-0.1, -0.05) is 19.3 Å². The molecule has 142 valence electrons. The molecular formula is C21H32N4O. The summed E-state index contributed by atoms with van der Waals surface area (Å²) in [7, 11) is 4.31. The molecule has 5 nitrogen and oxygen atoms in total. The van der Waals surface area contributed by atoms with Crippen LogP contribution in [0.1, 0.15) is 55.3 Å². The Labute approximate surface area is 157 Å². The summed E-state index contributed by atoms with van der Waals surface area (Å²) in [4.78, 5) is 25.0. The molecule has 1 amide bonds. The first kappa shape index (κ1) is 17.8. The number of fused-ring (bicyclic) bond motifs is 4. The second kappa shape index (κ2) is 7.55. The van der Waals surface area contributed by atoms with Gasteiger partial charge in [-0.3, -0.25) is 4.79 Å². The van der Waals surface area contributed by atoms with E-state index in [-0.39, 0.29) is 5.91 Å². The molecule has 2 unspecified atom stereocenters. The first-order valence-electron chi connectivity index (χ1n) is 10.3. The fourth-order valence-corrected chi connectivity index (χ4v) is 5.21. The van der Waals surface area contributed by atoms with Crippen molar-refractivity contribution in [2.75, 3.05) is 38.6 Å². The van der Waals surface area contributed by atoms with Crippen molar-refractivity contribution in [1.82, 2.24) is 14.8 Å². The van der Waals surface area contributed by atoms with Crippen LogP contribution in [0.4, 0.5) is 5.82 Å². The minimum atomic E-state index is 0.181. The number of aromatic nitrogens is 1. The van der Waals surface area contributed by atoms with E-state index >= 15 is 0 Å². The third-order valence-electron chi connectivity index (χ3n) is 6.63. The van der Waals surface area contributed by atoms with Crippen molar-refractivity contribution < 1.29 is 4.79 Å². The monoisotopic (exact) mass is 356 g/mol. The summed E-state index contributed by atoms with van der Waals surface area (Å²) in [5.74, 6) is 1.66. The number of amides is 1. The fourth-order valence-electron chi connectivity index (χ4n) is 5.21. The molecule has 0 N–H and O–H groups in total. The van der Waals surface area contributed by atoms with Gasteiger partial charge in [-0.2, -0.15) is 0 Å². The van der Waals surface area contributed by atoms with Crippen LogP contribution in [-0.4, -0.2) is 66.5 Å². The maximum Gasteiger partial charge on any atom is 0.257 e. The standard InChI is InChI=1S/C21H32N4O/c1-23-13-16-10-11-18(15-23)25(14-16)21(26)19-9-6-12-22-20(19)24(2)17-7-4-3-5-8-17/h6,9,12,16-18H,3-5,7-8,10-11,13-15H2,1-2H3. The van der Waals surface area contributed by atoms with E-state index in [1.807, 2.05) is 18.3 Å². The summed E-state index contributed by atoms with van der Waals surface area (Å²) in [6, 6.07) is 4.75. The molecule has 3 saturated heterocycles. The summed E-state index contributed by atoms with van der Waals surface area (Å²) >= 11 is 0. The van der Waals surface area contributed by atoms with Crippen LogP contribution in [0.3, 0.4) is 0 Å². The average Bonchev–Trinajstić information content (AvgIpc) is 2.96. The molecule has 1 aromatic rings. The maximum atomic E-state index is 13.5. The van der Waals surface area contributed by atoms with E-state index in [2.05, 4.69) is 33.8 Å². The molecule has 1 saturated carbocycles. The number of carbonyl (C=O) groups is 1. The topological polar surface area (TPSA) is 39.7 Å². The van der Waals surface area contributed by atoms with Crippen molar-refractivity contribution in [2.45, 2.75) is 57.0 Å². The van der Waals surface area contributed by atoms with Crippen molar-refractivity contribution in [3.8, 4) is 0 Å². The van der Waals surface area contributed by atoms with Gasteiger partial charge in [0.25, 0.3) is 5.91 Å². The zero-order chi connectivity index (χ0) is 18.1. The van der Waals surface area contributed by atoms with Gasteiger partial charge in [-0.05, 0) is 50.8 Å². The molecule has 4 heterocycles. The van der Waals surface area contributed by atoms with Gasteiger partial charge < -0.3 is 14.7 Å². The van der Waals surface area contributed by atoms with Crippen LogP contribution in [0.15, 0.2) is 18.3 Å². The van der Waals surface area contributed by atoms with Crippen LogP contribution in [0.25, 0.3) is 0 Å². The summed E-state index contributed by atoms with van der Waals surface area (Å²) < 4.78 is 0. The van der Waals surface area contributed by atoms with Crippen LogP contribution in [-0.2, 0) is 0 Å². The highest BCUT2D eigenvalue weighted by molar-refractivity contribution is 5.99. The van der Waals surface area contributed by atoms with Crippen LogP contribution in [0.5, 0.6) is 0 Å². The van der Waals surface area contributed by atoms with Gasteiger partial charge in [0.2, 0.25) is 0 Å². The SMILES string of the molecule is CN1CC2CCC(C1)N(C(=O)c1cccnc1N(C)C1CCCCC1)C2. The van der Waals surface area contributed by atoms with Crippen molar-refractivity contribution in [1.29, 1.82) is 0 Å². The lowest BCUT2D eigenvalue weighted by Gasteiger charge is -2.38. The third-order valence-corrected chi connectivity index (χ3v) is 6.63. The minimum absolute atomic E-state index is 0.181. The summed E-state index contributed by atoms with van der Waals surface area (Å²) in [6.07, 6.45) is 10.5. The van der Waals surface area contributed by atoms with Gasteiger partial charge >= 0.3 is 0 Å². The predicted octanol–water partition coefficient (Wildman–Crippen LogP) is 3.02. The number of nitrogens with zero attached hydrogens (tertiary/aromatic N) is 4. The first-order valence-corrected chi connectivity index (χ1v) is 10.3. The highest BCUT2D eigenvalue weighted by Gasteiger charge is 2.37. The molecule has 5 rings (SSSR count). The molecular weight excluding hydrogens is 324 g/mol. The van der Waals surface area contributed by atoms with Crippen LogP contribution < -0.4 is 4.90 Å². The van der Waals surface area contributed by atoms with Crippen molar-refractivity contribution in [2.24, 2.45) is 5.92 Å². The Morgan fingerprint density at radius 3 is 2.73 bits per heavy atom. The number of hydrogen-bond acceptors (Lipinski definition) is 4. The van der Waals surface area contributed by atoms with E-state index in [4.69, 9.17) is 0 Å². The van der Waals surface area contributed by atoms with Crippen LogP contribution in [0, 0.1) is 5.92 Å². The van der Waals surface area contributed by atoms with E-state index in [0.717, 1.165) is 37.4 Å². The molecule has 2 bridgehead atoms. The second-order valence-electron chi connectivity index (χ2n) is 8.55. The summed E-state index contributed by atoms with van der Waals surface area (Å²) in [5.41, 5.74) is 0.788. The Bertz CT molecular complexity index is 643. The Kier molecular flexibility index (Phi) is 5.16. The van der Waals surface area contributed by atoms with Gasteiger partial charge in [-0.25, -0.2) is 4.98 Å². The lowest BCUT2D eigenvalue weighted by Crippen LogP contribution is -2.47. The highest BCUT2D eigenvalue weighted by Crippen LogP contribution is 2.31. The minimum Gasteiger partial charge on any atom is -0.356 e. The van der Waals surface area contributed by atoms with E-state index in [0.29, 0.717) is 18.0 Å². The molecule has 0 spiro atoms. The van der Waals surface area contributed by atoms with Gasteiger partial charge in [-0.15, -0.1) is 0 Å². The Hall–Kier alpha value is -1.62. The highest BCUT2D eigenvalue weighted by atomic mass is 16.2. The molecule has 5 heteroatoms. The lowest BCUT2D eigenvalue weighted by atomic mass is 9.93. The normalized spacial score (nSPS) is 27.4. The summed E-state index contributed by atoms with van der Waals surface area (Å²) in [5, 5.41) is 0.